The molecule has 0 fully saturated rings. The molecule has 0 aliphatic heterocycles. The third-order valence-corrected chi connectivity index (χ3v) is 9.42. The molecule has 248 valence electrons. The first-order valence-electron chi connectivity index (χ1n) is 15.8. The van der Waals surface area contributed by atoms with Gasteiger partial charge >= 0.3 is 5.97 Å². The molecular formula is C38H39ClN4O4S. The van der Waals surface area contributed by atoms with E-state index in [4.69, 9.17) is 26.1 Å². The largest absolute Gasteiger partial charge is 0.462 e. The van der Waals surface area contributed by atoms with Gasteiger partial charge in [0, 0.05) is 34.9 Å². The van der Waals surface area contributed by atoms with Gasteiger partial charge in [-0.25, -0.2) is 4.98 Å². The average molecular weight is 683 g/mol. The number of nitrogens with zero attached hydrogens (tertiary/aromatic N) is 4. The normalized spacial score (nSPS) is 12.9. The molecule has 48 heavy (non-hydrogen) atoms. The minimum Gasteiger partial charge on any atom is -0.462 e. The van der Waals surface area contributed by atoms with E-state index in [0.717, 1.165) is 49.1 Å². The lowest BCUT2D eigenvalue weighted by Crippen LogP contribution is -2.30. The molecule has 10 heteroatoms. The Morgan fingerprint density at radius 2 is 1.75 bits per heavy atom. The lowest BCUT2D eigenvalue weighted by Gasteiger charge is -2.31. The van der Waals surface area contributed by atoms with Crippen molar-refractivity contribution in [2.24, 2.45) is 12.5 Å². The van der Waals surface area contributed by atoms with Crippen molar-refractivity contribution in [2.45, 2.75) is 60.2 Å². The third kappa shape index (κ3) is 6.67. The molecule has 0 amide bonds. The molecule has 3 heterocycles. The number of hydrogen-bond acceptors (Lipinski definition) is 7. The maximum absolute atomic E-state index is 14.0. The fraction of sp³-hybridized carbons (Fsp3) is 0.316. The Morgan fingerprint density at radius 3 is 2.44 bits per heavy atom. The Morgan fingerprint density at radius 1 is 1.02 bits per heavy atom. The van der Waals surface area contributed by atoms with E-state index < -0.39 is 17.1 Å². The van der Waals surface area contributed by atoms with Crippen molar-refractivity contribution in [3.8, 4) is 27.4 Å². The van der Waals surface area contributed by atoms with Gasteiger partial charge in [-0.15, -0.1) is 11.3 Å². The highest BCUT2D eigenvalue weighted by molar-refractivity contribution is 7.22. The average Bonchev–Trinajstić information content (AvgIpc) is 3.60. The maximum Gasteiger partial charge on any atom is 0.311 e. The van der Waals surface area contributed by atoms with Crippen LogP contribution in [0, 0.1) is 12.3 Å². The van der Waals surface area contributed by atoms with Gasteiger partial charge < -0.3 is 9.47 Å². The fourth-order valence-corrected chi connectivity index (χ4v) is 7.04. The number of carbonyl (C=O) groups excluding carboxylic acids is 1. The number of fused-ring (bicyclic) bond motifs is 2. The van der Waals surface area contributed by atoms with Crippen molar-refractivity contribution in [1.82, 2.24) is 19.3 Å². The summed E-state index contributed by atoms with van der Waals surface area (Å²) in [5.41, 5.74) is 5.26. The number of aryl methyl sites for hydroxylation is 2. The highest BCUT2D eigenvalue weighted by Crippen LogP contribution is 2.44. The second-order valence-electron chi connectivity index (χ2n) is 14.0. The molecule has 0 saturated carbocycles. The van der Waals surface area contributed by atoms with E-state index >= 15 is 0 Å². The van der Waals surface area contributed by atoms with E-state index in [1.807, 2.05) is 116 Å². The number of benzene rings is 3. The Balaban J connectivity index is 1.53. The summed E-state index contributed by atoms with van der Waals surface area (Å²) in [6, 6.07) is 19.2. The first-order valence-corrected chi connectivity index (χ1v) is 17.0. The monoisotopic (exact) mass is 682 g/mol. The smallest absolute Gasteiger partial charge is 0.311 e. The van der Waals surface area contributed by atoms with Gasteiger partial charge in [-0.1, -0.05) is 23.7 Å². The van der Waals surface area contributed by atoms with Crippen LogP contribution in [0.1, 0.15) is 58.8 Å². The van der Waals surface area contributed by atoms with Gasteiger partial charge in [0.1, 0.15) is 17.7 Å². The molecule has 0 saturated heterocycles. The molecule has 6 rings (SSSR count). The summed E-state index contributed by atoms with van der Waals surface area (Å²) < 4.78 is 16.8. The minimum atomic E-state index is -0.664. The molecule has 0 bridgehead atoms. The molecule has 0 N–H and O–H groups in total. The van der Waals surface area contributed by atoms with E-state index in [9.17, 15) is 9.59 Å². The zero-order valence-corrected chi connectivity index (χ0v) is 30.0. The lowest BCUT2D eigenvalue weighted by molar-refractivity contribution is -0.162. The molecule has 3 aromatic carbocycles. The van der Waals surface area contributed by atoms with Gasteiger partial charge in [0.15, 0.2) is 0 Å². The zero-order valence-electron chi connectivity index (χ0n) is 28.4. The van der Waals surface area contributed by atoms with Crippen molar-refractivity contribution >= 4 is 50.0 Å². The number of rotatable bonds is 7. The summed E-state index contributed by atoms with van der Waals surface area (Å²) in [6.45, 7) is 13.5. The molecule has 0 radical (unpaired) electrons. The van der Waals surface area contributed by atoms with Crippen LogP contribution in [0.15, 0.2) is 77.9 Å². The number of hydrogen-bond donors (Lipinski definition) is 0. The molecule has 0 spiro atoms. The van der Waals surface area contributed by atoms with Crippen molar-refractivity contribution in [3.63, 3.8) is 0 Å². The predicted molar refractivity (Wildman–Crippen MR) is 194 cm³/mol. The quantitative estimate of drug-likeness (QED) is 0.156. The SMILES string of the molecule is Cc1cc2nc(-c3cccn(-c4ccc5c(cnn5C)c4)c3=O)sc2c(-c2ccc(Cl)cc2)c1[C@@H](COC(=O)C(C)(C)C)OC(C)(C)C. The number of ether oxygens (including phenoxy) is 2. The van der Waals surface area contributed by atoms with Crippen molar-refractivity contribution in [1.29, 1.82) is 0 Å². The molecule has 8 nitrogen and oxygen atoms in total. The Bertz CT molecular complexity index is 2220. The van der Waals surface area contributed by atoms with Crippen LogP contribution >= 0.6 is 22.9 Å². The van der Waals surface area contributed by atoms with E-state index in [1.54, 1.807) is 21.6 Å². The van der Waals surface area contributed by atoms with Crippen LogP contribution in [-0.4, -0.2) is 37.5 Å². The van der Waals surface area contributed by atoms with Gasteiger partial charge in [-0.2, -0.15) is 5.10 Å². The van der Waals surface area contributed by atoms with Crippen LogP contribution in [0.3, 0.4) is 0 Å². The van der Waals surface area contributed by atoms with Gasteiger partial charge in [-0.3, -0.25) is 18.8 Å². The molecule has 6 aromatic rings. The zero-order chi connectivity index (χ0) is 34.5. The Kier molecular flexibility index (Phi) is 8.83. The fourth-order valence-electron chi connectivity index (χ4n) is 5.78. The van der Waals surface area contributed by atoms with Crippen LogP contribution in [-0.2, 0) is 21.3 Å². The van der Waals surface area contributed by atoms with Crippen LogP contribution < -0.4 is 5.56 Å². The predicted octanol–water partition coefficient (Wildman–Crippen LogP) is 9.08. The minimum absolute atomic E-state index is 0.0383. The van der Waals surface area contributed by atoms with Gasteiger partial charge in [0.05, 0.1) is 38.5 Å². The molecule has 0 aliphatic rings. The Labute approximate surface area is 288 Å². The van der Waals surface area contributed by atoms with Gasteiger partial charge in [-0.05, 0) is 114 Å². The first-order chi connectivity index (χ1) is 22.6. The lowest BCUT2D eigenvalue weighted by atomic mass is 9.91. The molecule has 1 atom stereocenters. The number of esters is 1. The first kappa shape index (κ1) is 33.6. The number of pyridine rings is 1. The molecule has 0 aliphatic carbocycles. The maximum atomic E-state index is 14.0. The van der Waals surface area contributed by atoms with Gasteiger partial charge in [0.25, 0.3) is 5.56 Å². The number of halogens is 1. The van der Waals surface area contributed by atoms with Crippen molar-refractivity contribution in [2.75, 3.05) is 6.61 Å². The number of aromatic nitrogens is 4. The summed E-state index contributed by atoms with van der Waals surface area (Å²) in [4.78, 5) is 32.0. The van der Waals surface area contributed by atoms with E-state index in [1.165, 1.54) is 11.3 Å². The molecule has 0 unspecified atom stereocenters. The van der Waals surface area contributed by atoms with Crippen molar-refractivity contribution < 1.29 is 14.3 Å². The highest BCUT2D eigenvalue weighted by atomic mass is 35.5. The van der Waals surface area contributed by atoms with Gasteiger partial charge in [0.2, 0.25) is 0 Å². The number of carbonyl (C=O) groups is 1. The standard InChI is InChI=1S/C38H39ClN4O4S/c1-22-18-28-33(48-34(41-28)27-10-9-17-43(35(27)44)26-15-16-29-24(19-26)20-40-42(29)8)32(23-11-13-25(39)14-12-23)31(22)30(47-38(5,6)7)21-46-36(45)37(2,3)4/h9-20,30H,21H2,1-8H3/t30-/m1/s1. The summed E-state index contributed by atoms with van der Waals surface area (Å²) in [7, 11) is 1.89. The van der Waals surface area contributed by atoms with Crippen LogP contribution in [0.5, 0.6) is 0 Å². The summed E-state index contributed by atoms with van der Waals surface area (Å²) in [5.74, 6) is -0.306. The topological polar surface area (TPSA) is 88.2 Å². The summed E-state index contributed by atoms with van der Waals surface area (Å²) in [5, 5.41) is 6.50. The van der Waals surface area contributed by atoms with E-state index in [-0.39, 0.29) is 18.1 Å². The van der Waals surface area contributed by atoms with E-state index in [0.29, 0.717) is 15.6 Å². The van der Waals surface area contributed by atoms with Crippen molar-refractivity contribution in [3.05, 3.63) is 99.6 Å². The van der Waals surface area contributed by atoms with Crippen LogP contribution in [0.2, 0.25) is 5.02 Å². The second-order valence-corrected chi connectivity index (χ2v) is 15.5. The Hall–Kier alpha value is -4.31. The highest BCUT2D eigenvalue weighted by Gasteiger charge is 2.31. The second kappa shape index (κ2) is 12.6. The third-order valence-electron chi connectivity index (χ3n) is 8.04. The van der Waals surface area contributed by atoms with E-state index in [2.05, 4.69) is 5.10 Å². The summed E-state index contributed by atoms with van der Waals surface area (Å²) >= 11 is 7.78. The van der Waals surface area contributed by atoms with Crippen LogP contribution in [0.4, 0.5) is 0 Å². The molecular weight excluding hydrogens is 644 g/mol. The van der Waals surface area contributed by atoms with Crippen LogP contribution in [0.25, 0.3) is 48.5 Å². The number of thiazole rings is 1. The molecule has 3 aromatic heterocycles. The summed E-state index contributed by atoms with van der Waals surface area (Å²) in [6.07, 6.45) is 2.99.